The molecule has 6 nitrogen and oxygen atoms in total. The average molecular weight is 439 g/mol. The third-order valence-corrected chi connectivity index (χ3v) is 6.21. The van der Waals surface area contributed by atoms with Gasteiger partial charge in [0.05, 0.1) is 30.2 Å². The standard InChI is InChI=1S/C21H25ClF2N4O2/c22-20-18(25-11-14-2-1-9-30-13-14)12-26-28(21(20)29)16-5-7-27(8-6-16)19-4-3-15(23)10-17(19)24/h3-4,10,12,14,16,25H,1-2,5-9,11,13H2. The van der Waals surface area contributed by atoms with E-state index in [1.807, 2.05) is 4.90 Å². The van der Waals surface area contributed by atoms with Gasteiger partial charge in [-0.25, -0.2) is 13.5 Å². The number of aromatic nitrogens is 2. The van der Waals surface area contributed by atoms with Gasteiger partial charge in [-0.15, -0.1) is 0 Å². The van der Waals surface area contributed by atoms with Crippen molar-refractivity contribution in [2.75, 3.05) is 43.1 Å². The van der Waals surface area contributed by atoms with Crippen LogP contribution in [-0.2, 0) is 4.74 Å². The lowest BCUT2D eigenvalue weighted by atomic mass is 10.0. The molecule has 0 aliphatic carbocycles. The number of anilines is 2. The monoisotopic (exact) mass is 438 g/mol. The van der Waals surface area contributed by atoms with E-state index in [4.69, 9.17) is 16.3 Å². The maximum Gasteiger partial charge on any atom is 0.287 e. The van der Waals surface area contributed by atoms with Gasteiger partial charge in [-0.3, -0.25) is 4.79 Å². The minimum atomic E-state index is -0.596. The Morgan fingerprint density at radius 3 is 2.73 bits per heavy atom. The maximum atomic E-state index is 14.0. The van der Waals surface area contributed by atoms with Gasteiger partial charge in [0.15, 0.2) is 0 Å². The molecule has 0 spiro atoms. The first-order valence-corrected chi connectivity index (χ1v) is 10.7. The van der Waals surface area contributed by atoms with Crippen molar-refractivity contribution in [3.8, 4) is 0 Å². The predicted octanol–water partition coefficient (Wildman–Crippen LogP) is 3.85. The number of benzene rings is 1. The molecule has 1 unspecified atom stereocenters. The van der Waals surface area contributed by atoms with Gasteiger partial charge in [0.25, 0.3) is 5.56 Å². The highest BCUT2D eigenvalue weighted by atomic mass is 35.5. The SMILES string of the molecule is O=c1c(Cl)c(NCC2CCCOC2)cnn1C1CCN(c2ccc(F)cc2F)CC1. The number of hydrogen-bond donors (Lipinski definition) is 1. The van der Waals surface area contributed by atoms with Crippen LogP contribution in [0.5, 0.6) is 0 Å². The van der Waals surface area contributed by atoms with E-state index in [1.165, 1.54) is 16.8 Å². The lowest BCUT2D eigenvalue weighted by Gasteiger charge is -2.34. The van der Waals surface area contributed by atoms with E-state index >= 15 is 0 Å². The van der Waals surface area contributed by atoms with Crippen LogP contribution < -0.4 is 15.8 Å². The van der Waals surface area contributed by atoms with Gasteiger partial charge in [-0.1, -0.05) is 11.6 Å². The van der Waals surface area contributed by atoms with Crippen molar-refractivity contribution < 1.29 is 13.5 Å². The summed E-state index contributed by atoms with van der Waals surface area (Å²) < 4.78 is 34.1. The van der Waals surface area contributed by atoms with Crippen LogP contribution in [0.1, 0.15) is 31.7 Å². The van der Waals surface area contributed by atoms with Crippen LogP contribution in [0.25, 0.3) is 0 Å². The number of hydrogen-bond acceptors (Lipinski definition) is 5. The first-order valence-electron chi connectivity index (χ1n) is 10.3. The second kappa shape index (κ2) is 9.31. The highest BCUT2D eigenvalue weighted by molar-refractivity contribution is 6.32. The molecule has 0 saturated carbocycles. The zero-order valence-corrected chi connectivity index (χ0v) is 17.4. The van der Waals surface area contributed by atoms with Gasteiger partial charge in [-0.2, -0.15) is 5.10 Å². The van der Waals surface area contributed by atoms with Gasteiger partial charge in [-0.05, 0) is 43.7 Å². The van der Waals surface area contributed by atoms with Crippen molar-refractivity contribution in [3.63, 3.8) is 0 Å². The van der Waals surface area contributed by atoms with Crippen molar-refractivity contribution in [2.24, 2.45) is 5.92 Å². The molecular formula is C21H25ClF2N4O2. The third kappa shape index (κ3) is 4.59. The predicted molar refractivity (Wildman–Crippen MR) is 112 cm³/mol. The van der Waals surface area contributed by atoms with E-state index < -0.39 is 11.6 Å². The molecule has 1 aromatic carbocycles. The Bertz CT molecular complexity index is 941. The normalized spacial score (nSPS) is 20.4. The molecule has 2 saturated heterocycles. The summed E-state index contributed by atoms with van der Waals surface area (Å²) in [5, 5.41) is 7.69. The fraction of sp³-hybridized carbons (Fsp3) is 0.524. The van der Waals surface area contributed by atoms with Crippen molar-refractivity contribution in [2.45, 2.75) is 31.7 Å². The molecule has 4 rings (SSSR count). The minimum absolute atomic E-state index is 0.115. The molecule has 0 amide bonds. The van der Waals surface area contributed by atoms with Crippen LogP contribution in [0, 0.1) is 17.6 Å². The van der Waals surface area contributed by atoms with Crippen molar-refractivity contribution >= 4 is 23.0 Å². The number of nitrogens with zero attached hydrogens (tertiary/aromatic N) is 3. The zero-order valence-electron chi connectivity index (χ0n) is 16.6. The molecule has 2 aliphatic rings. The summed E-state index contributed by atoms with van der Waals surface area (Å²) in [5.41, 5.74) is 0.585. The molecule has 2 aromatic rings. The van der Waals surface area contributed by atoms with Crippen LogP contribution >= 0.6 is 11.6 Å². The largest absolute Gasteiger partial charge is 0.382 e. The first-order chi connectivity index (χ1) is 14.5. The summed E-state index contributed by atoms with van der Waals surface area (Å²) in [6.07, 6.45) is 4.96. The minimum Gasteiger partial charge on any atom is -0.382 e. The molecular weight excluding hydrogens is 414 g/mol. The van der Waals surface area contributed by atoms with E-state index in [2.05, 4.69) is 10.4 Å². The number of nitrogens with one attached hydrogen (secondary N) is 1. The number of rotatable bonds is 5. The zero-order chi connectivity index (χ0) is 21.1. The molecule has 9 heteroatoms. The van der Waals surface area contributed by atoms with E-state index in [1.54, 1.807) is 6.20 Å². The van der Waals surface area contributed by atoms with Crippen LogP contribution in [-0.4, -0.2) is 42.6 Å². The molecule has 162 valence electrons. The number of halogens is 3. The summed E-state index contributed by atoms with van der Waals surface area (Å²) in [4.78, 5) is 14.6. The van der Waals surface area contributed by atoms with Crippen LogP contribution in [0.3, 0.4) is 0 Å². The Morgan fingerprint density at radius 1 is 1.23 bits per heavy atom. The molecule has 1 aromatic heterocycles. The maximum absolute atomic E-state index is 14.0. The Labute approximate surface area is 178 Å². The van der Waals surface area contributed by atoms with Gasteiger partial charge in [0, 0.05) is 32.3 Å². The average Bonchev–Trinajstić information content (AvgIpc) is 2.76. The highest BCUT2D eigenvalue weighted by Gasteiger charge is 2.25. The molecule has 1 N–H and O–H groups in total. The van der Waals surface area contributed by atoms with Crippen LogP contribution in [0.15, 0.2) is 29.2 Å². The molecule has 30 heavy (non-hydrogen) atoms. The molecule has 1 atom stereocenters. The van der Waals surface area contributed by atoms with Gasteiger partial charge >= 0.3 is 0 Å². The highest BCUT2D eigenvalue weighted by Crippen LogP contribution is 2.28. The Morgan fingerprint density at radius 2 is 2.03 bits per heavy atom. The topological polar surface area (TPSA) is 59.4 Å². The Balaban J connectivity index is 1.40. The third-order valence-electron chi connectivity index (χ3n) is 5.84. The smallest absolute Gasteiger partial charge is 0.287 e. The van der Waals surface area contributed by atoms with Crippen LogP contribution in [0.4, 0.5) is 20.2 Å². The fourth-order valence-electron chi connectivity index (χ4n) is 4.14. The Hall–Kier alpha value is -2.19. The summed E-state index contributed by atoms with van der Waals surface area (Å²) in [6, 6.07) is 3.47. The summed E-state index contributed by atoms with van der Waals surface area (Å²) in [5.74, 6) is -0.778. The lowest BCUT2D eigenvalue weighted by Crippen LogP contribution is -2.39. The first kappa shape index (κ1) is 21.1. The molecule has 3 heterocycles. The summed E-state index contributed by atoms with van der Waals surface area (Å²) >= 11 is 6.33. The van der Waals surface area contributed by atoms with Crippen molar-refractivity contribution in [1.82, 2.24) is 9.78 Å². The molecule has 2 fully saturated rings. The quantitative estimate of drug-likeness (QED) is 0.768. The molecule has 2 aliphatic heterocycles. The van der Waals surface area contributed by atoms with Gasteiger partial charge in [0.1, 0.15) is 16.7 Å². The summed E-state index contributed by atoms with van der Waals surface area (Å²) in [6.45, 7) is 3.29. The van der Waals surface area contributed by atoms with Crippen LogP contribution in [0.2, 0.25) is 5.02 Å². The van der Waals surface area contributed by atoms with E-state index in [-0.39, 0.29) is 16.6 Å². The Kier molecular flexibility index (Phi) is 6.53. The molecule has 0 bridgehead atoms. The summed E-state index contributed by atoms with van der Waals surface area (Å²) in [7, 11) is 0. The van der Waals surface area contributed by atoms with Gasteiger partial charge in [0.2, 0.25) is 0 Å². The molecule has 0 radical (unpaired) electrons. The number of piperidine rings is 1. The van der Waals surface area contributed by atoms with Crippen molar-refractivity contribution in [3.05, 3.63) is 51.4 Å². The lowest BCUT2D eigenvalue weighted by molar-refractivity contribution is 0.0595. The second-order valence-electron chi connectivity index (χ2n) is 7.90. The van der Waals surface area contributed by atoms with Gasteiger partial charge < -0.3 is 15.0 Å². The fourth-order valence-corrected chi connectivity index (χ4v) is 4.34. The second-order valence-corrected chi connectivity index (χ2v) is 8.28. The van der Waals surface area contributed by atoms with E-state index in [9.17, 15) is 13.6 Å². The number of ether oxygens (including phenoxy) is 1. The van der Waals surface area contributed by atoms with E-state index in [0.717, 1.165) is 25.5 Å². The van der Waals surface area contributed by atoms with E-state index in [0.29, 0.717) is 56.4 Å². The van der Waals surface area contributed by atoms with Crippen molar-refractivity contribution in [1.29, 1.82) is 0 Å².